The van der Waals surface area contributed by atoms with Crippen LogP contribution in [0.4, 0.5) is 26.3 Å². The number of alkyl halides is 6. The largest absolute Gasteiger partial charge is 0.464 e. The van der Waals surface area contributed by atoms with Crippen LogP contribution >= 0.6 is 0 Å². The second kappa shape index (κ2) is 12.1. The minimum atomic E-state index is -5.03. The molecule has 0 aliphatic heterocycles. The standard InChI is InChI=1S/C25H28F6N2O3/c1-4-17(12-19(25(29,30)31)11-15(2)24(26,27)28)14-36-23(35)22(33-16(3)34)10-9-18-13-32-21-8-6-5-7-20(18)21/h5-8,11-13,17,22,32H,4,9-10,14H2,1-3H3,(H,33,34)/b15-11+,19-12+. The fourth-order valence-electron chi connectivity index (χ4n) is 3.50. The zero-order chi connectivity index (χ0) is 27.1. The highest BCUT2D eigenvalue weighted by Crippen LogP contribution is 2.33. The molecule has 1 aromatic heterocycles. The van der Waals surface area contributed by atoms with Crippen molar-refractivity contribution in [1.29, 1.82) is 0 Å². The number of rotatable bonds is 10. The van der Waals surface area contributed by atoms with Crippen LogP contribution in [-0.4, -0.2) is 41.9 Å². The van der Waals surface area contributed by atoms with E-state index in [0.29, 0.717) is 19.4 Å². The molecular weight excluding hydrogens is 490 g/mol. The van der Waals surface area contributed by atoms with E-state index in [-0.39, 0.29) is 18.9 Å². The number of halogens is 6. The summed E-state index contributed by atoms with van der Waals surface area (Å²) in [5.74, 6) is -2.32. The first-order valence-electron chi connectivity index (χ1n) is 11.3. The summed E-state index contributed by atoms with van der Waals surface area (Å²) in [5, 5.41) is 3.44. The Labute approximate surface area is 204 Å². The molecular formula is C25H28F6N2O3. The highest BCUT2D eigenvalue weighted by atomic mass is 19.4. The minimum absolute atomic E-state index is 0.0335. The van der Waals surface area contributed by atoms with Gasteiger partial charge in [-0.05, 0) is 43.9 Å². The molecule has 0 saturated heterocycles. The summed E-state index contributed by atoms with van der Waals surface area (Å²) in [5.41, 5.74) is -1.07. The number of hydrogen-bond acceptors (Lipinski definition) is 3. The molecule has 0 saturated carbocycles. The molecule has 198 valence electrons. The summed E-state index contributed by atoms with van der Waals surface area (Å²) in [7, 11) is 0. The number of H-pyrrole nitrogens is 1. The van der Waals surface area contributed by atoms with Crippen molar-refractivity contribution in [3.63, 3.8) is 0 Å². The number of amides is 1. The molecule has 0 aliphatic carbocycles. The number of aryl methyl sites for hydroxylation is 1. The smallest absolute Gasteiger partial charge is 0.416 e. The number of aromatic nitrogens is 1. The Bertz CT molecular complexity index is 1110. The second-order valence-corrected chi connectivity index (χ2v) is 8.39. The third-order valence-corrected chi connectivity index (χ3v) is 5.57. The number of esters is 1. The number of carbonyl (C=O) groups is 2. The van der Waals surface area contributed by atoms with E-state index in [0.717, 1.165) is 16.5 Å². The third kappa shape index (κ3) is 8.46. The van der Waals surface area contributed by atoms with Crippen LogP contribution in [0.15, 0.2) is 53.8 Å². The van der Waals surface area contributed by atoms with Gasteiger partial charge in [-0.1, -0.05) is 31.2 Å². The van der Waals surface area contributed by atoms with Gasteiger partial charge in [-0.2, -0.15) is 26.3 Å². The van der Waals surface area contributed by atoms with Crippen LogP contribution < -0.4 is 5.32 Å². The summed E-state index contributed by atoms with van der Waals surface area (Å²) in [6.45, 7) is 2.80. The molecule has 2 N–H and O–H groups in total. The maximum atomic E-state index is 13.3. The maximum absolute atomic E-state index is 13.3. The van der Waals surface area contributed by atoms with Gasteiger partial charge in [-0.3, -0.25) is 4.79 Å². The van der Waals surface area contributed by atoms with Crippen LogP contribution in [0.25, 0.3) is 10.9 Å². The van der Waals surface area contributed by atoms with Crippen LogP contribution in [-0.2, 0) is 20.7 Å². The fraction of sp³-hybridized carbons (Fsp3) is 0.440. The quantitative estimate of drug-likeness (QED) is 0.225. The Kier molecular flexibility index (Phi) is 9.77. The molecule has 0 aliphatic rings. The van der Waals surface area contributed by atoms with Gasteiger partial charge in [0.15, 0.2) is 0 Å². The van der Waals surface area contributed by atoms with Gasteiger partial charge < -0.3 is 15.0 Å². The average molecular weight is 518 g/mol. The monoisotopic (exact) mass is 518 g/mol. The molecule has 1 heterocycles. The van der Waals surface area contributed by atoms with Crippen molar-refractivity contribution < 1.29 is 40.7 Å². The van der Waals surface area contributed by atoms with Crippen molar-refractivity contribution in [3.8, 4) is 0 Å². The summed E-state index contributed by atoms with van der Waals surface area (Å²) >= 11 is 0. The van der Waals surface area contributed by atoms with Gasteiger partial charge in [0.1, 0.15) is 6.04 Å². The zero-order valence-corrected chi connectivity index (χ0v) is 20.0. The van der Waals surface area contributed by atoms with E-state index in [2.05, 4.69) is 10.3 Å². The van der Waals surface area contributed by atoms with Gasteiger partial charge in [-0.15, -0.1) is 0 Å². The van der Waals surface area contributed by atoms with E-state index in [1.54, 1.807) is 6.20 Å². The van der Waals surface area contributed by atoms with Gasteiger partial charge in [-0.25, -0.2) is 4.79 Å². The third-order valence-electron chi connectivity index (χ3n) is 5.57. The lowest BCUT2D eigenvalue weighted by Crippen LogP contribution is -2.41. The van der Waals surface area contributed by atoms with E-state index in [1.165, 1.54) is 13.8 Å². The SMILES string of the molecule is CCC(/C=C(\C=C(/C)C(F)(F)F)C(F)(F)F)COC(=O)C(CCc1c[nH]c2ccccc12)NC(C)=O. The fourth-order valence-corrected chi connectivity index (χ4v) is 3.50. The Hall–Kier alpha value is -3.24. The molecule has 0 radical (unpaired) electrons. The van der Waals surface area contributed by atoms with E-state index in [4.69, 9.17) is 4.74 Å². The Morgan fingerprint density at radius 2 is 1.75 bits per heavy atom. The minimum Gasteiger partial charge on any atom is -0.464 e. The highest BCUT2D eigenvalue weighted by Gasteiger charge is 2.37. The molecule has 2 rings (SSSR count). The molecule has 2 unspecified atom stereocenters. The number of nitrogens with one attached hydrogen (secondary N) is 2. The van der Waals surface area contributed by atoms with Gasteiger partial charge in [0.2, 0.25) is 5.91 Å². The van der Waals surface area contributed by atoms with Crippen LogP contribution in [0.2, 0.25) is 0 Å². The number of fused-ring (bicyclic) bond motifs is 1. The van der Waals surface area contributed by atoms with Crippen LogP contribution in [0.3, 0.4) is 0 Å². The van der Waals surface area contributed by atoms with E-state index < -0.39 is 53.9 Å². The molecule has 5 nitrogen and oxygen atoms in total. The Balaban J connectivity index is 2.13. The molecule has 0 bridgehead atoms. The number of ether oxygens (including phenoxy) is 1. The predicted molar refractivity (Wildman–Crippen MR) is 123 cm³/mol. The van der Waals surface area contributed by atoms with Crippen molar-refractivity contribution in [3.05, 3.63) is 59.3 Å². The highest BCUT2D eigenvalue weighted by molar-refractivity contribution is 5.84. The maximum Gasteiger partial charge on any atom is 0.416 e. The first-order chi connectivity index (χ1) is 16.7. The number of allylic oxidation sites excluding steroid dienone is 3. The molecule has 2 aromatic rings. The number of para-hydroxylation sites is 1. The van der Waals surface area contributed by atoms with E-state index in [9.17, 15) is 35.9 Å². The molecule has 1 amide bonds. The molecule has 0 fully saturated rings. The molecule has 1 aromatic carbocycles. The van der Waals surface area contributed by atoms with Crippen LogP contribution in [0.5, 0.6) is 0 Å². The summed E-state index contributed by atoms with van der Waals surface area (Å²) in [6.07, 6.45) is -6.83. The summed E-state index contributed by atoms with van der Waals surface area (Å²) < 4.78 is 83.5. The van der Waals surface area contributed by atoms with Crippen LogP contribution in [0, 0.1) is 5.92 Å². The van der Waals surface area contributed by atoms with Gasteiger partial charge >= 0.3 is 18.3 Å². The summed E-state index contributed by atoms with van der Waals surface area (Å²) in [4.78, 5) is 27.4. The van der Waals surface area contributed by atoms with E-state index in [1.807, 2.05) is 24.3 Å². The van der Waals surface area contributed by atoms with Crippen molar-refractivity contribution in [2.45, 2.75) is 58.4 Å². The van der Waals surface area contributed by atoms with Gasteiger partial charge in [0.05, 0.1) is 12.2 Å². The number of aromatic amines is 1. The Morgan fingerprint density at radius 3 is 2.33 bits per heavy atom. The van der Waals surface area contributed by atoms with Crippen molar-refractivity contribution in [1.82, 2.24) is 10.3 Å². The average Bonchev–Trinajstić information content (AvgIpc) is 3.19. The molecule has 2 atom stereocenters. The Morgan fingerprint density at radius 1 is 1.08 bits per heavy atom. The number of carbonyl (C=O) groups excluding carboxylic acids is 2. The number of benzene rings is 1. The predicted octanol–water partition coefficient (Wildman–Crippen LogP) is 6.17. The van der Waals surface area contributed by atoms with Gasteiger partial charge in [0, 0.05) is 35.5 Å². The van der Waals surface area contributed by atoms with Crippen LogP contribution in [0.1, 0.15) is 39.2 Å². The van der Waals surface area contributed by atoms with Crippen molar-refractivity contribution in [2.75, 3.05) is 6.61 Å². The lowest BCUT2D eigenvalue weighted by molar-refractivity contribution is -0.148. The first kappa shape index (κ1) is 29.0. The van der Waals surface area contributed by atoms with E-state index >= 15 is 0 Å². The first-order valence-corrected chi connectivity index (χ1v) is 11.3. The normalized spacial score (nSPS) is 15.0. The molecule has 0 spiro atoms. The van der Waals surface area contributed by atoms with Crippen molar-refractivity contribution >= 4 is 22.8 Å². The zero-order valence-electron chi connectivity index (χ0n) is 20.0. The summed E-state index contributed by atoms with van der Waals surface area (Å²) in [6, 6.07) is 6.46. The second-order valence-electron chi connectivity index (χ2n) is 8.39. The topological polar surface area (TPSA) is 71.2 Å². The number of hydrogen-bond donors (Lipinski definition) is 2. The lowest BCUT2D eigenvalue weighted by Gasteiger charge is -2.19. The van der Waals surface area contributed by atoms with Gasteiger partial charge in [0.25, 0.3) is 0 Å². The molecule has 36 heavy (non-hydrogen) atoms. The van der Waals surface area contributed by atoms with Crippen molar-refractivity contribution in [2.24, 2.45) is 5.92 Å². The lowest BCUT2D eigenvalue weighted by atomic mass is 10.0. The molecule has 11 heteroatoms.